The van der Waals surface area contributed by atoms with E-state index in [4.69, 9.17) is 9.47 Å². The second-order valence-corrected chi connectivity index (χ2v) is 7.22. The summed E-state index contributed by atoms with van der Waals surface area (Å²) in [6.45, 7) is 4.77. The molecule has 0 radical (unpaired) electrons. The average molecular weight is 425 g/mol. The van der Waals surface area contributed by atoms with Gasteiger partial charge in [0.25, 0.3) is 5.91 Å². The first-order chi connectivity index (χ1) is 14.9. The number of hydrazine groups is 1. The van der Waals surface area contributed by atoms with Crippen molar-refractivity contribution in [3.05, 3.63) is 53.6 Å². The van der Waals surface area contributed by atoms with E-state index in [9.17, 15) is 14.4 Å². The Hall–Kier alpha value is -3.39. The van der Waals surface area contributed by atoms with Crippen LogP contribution in [0.3, 0.4) is 0 Å². The van der Waals surface area contributed by atoms with Crippen LogP contribution in [0.15, 0.2) is 42.5 Å². The number of nitrogens with zero attached hydrogens (tertiary/aromatic N) is 3. The zero-order valence-electron chi connectivity index (χ0n) is 18.3. The first kappa shape index (κ1) is 22.3. The molecule has 2 aromatic rings. The first-order valence-electron chi connectivity index (χ1n) is 10.0. The second-order valence-electron chi connectivity index (χ2n) is 7.22. The Balaban J connectivity index is 1.75. The summed E-state index contributed by atoms with van der Waals surface area (Å²) in [6.07, 6.45) is 0. The minimum atomic E-state index is -0.187. The second kappa shape index (κ2) is 9.61. The van der Waals surface area contributed by atoms with Gasteiger partial charge >= 0.3 is 0 Å². The summed E-state index contributed by atoms with van der Waals surface area (Å²) < 4.78 is 10.5. The Morgan fingerprint density at radius 1 is 0.871 bits per heavy atom. The van der Waals surface area contributed by atoms with Crippen molar-refractivity contribution in [3.63, 3.8) is 0 Å². The van der Waals surface area contributed by atoms with Crippen LogP contribution in [0.4, 0.5) is 5.69 Å². The van der Waals surface area contributed by atoms with E-state index in [1.165, 1.54) is 26.0 Å². The molecule has 3 rings (SSSR count). The molecular formula is C23H27N3O5. The summed E-state index contributed by atoms with van der Waals surface area (Å²) in [6, 6.07) is 12.1. The molecule has 1 heterocycles. The van der Waals surface area contributed by atoms with Crippen LogP contribution in [-0.2, 0) is 4.79 Å². The zero-order chi connectivity index (χ0) is 22.5. The Morgan fingerprint density at radius 3 is 2.10 bits per heavy atom. The summed E-state index contributed by atoms with van der Waals surface area (Å²) >= 11 is 0. The third-order valence-electron chi connectivity index (χ3n) is 5.27. The van der Waals surface area contributed by atoms with Crippen molar-refractivity contribution in [1.82, 2.24) is 9.91 Å². The average Bonchev–Trinajstić information content (AvgIpc) is 2.78. The third kappa shape index (κ3) is 4.69. The number of methoxy groups -OCH3 is 2. The maximum Gasteiger partial charge on any atom is 0.254 e. The number of rotatable bonds is 6. The molecule has 8 nitrogen and oxygen atoms in total. The molecule has 0 spiro atoms. The minimum Gasteiger partial charge on any atom is -0.493 e. The SMILES string of the molecule is COc1ccc(C(=O)N2CCN(N(C(C)=O)c3ccccc3C(C)=O)CC2)cc1OC. The van der Waals surface area contributed by atoms with Crippen molar-refractivity contribution in [1.29, 1.82) is 0 Å². The number of amides is 2. The molecular weight excluding hydrogens is 398 g/mol. The quantitative estimate of drug-likeness (QED) is 0.662. The molecule has 1 aliphatic heterocycles. The van der Waals surface area contributed by atoms with E-state index in [0.29, 0.717) is 54.5 Å². The number of ketones is 1. The van der Waals surface area contributed by atoms with Crippen molar-refractivity contribution in [2.75, 3.05) is 45.4 Å². The van der Waals surface area contributed by atoms with Gasteiger partial charge in [0.1, 0.15) is 0 Å². The van der Waals surface area contributed by atoms with Crippen molar-refractivity contribution < 1.29 is 23.9 Å². The highest BCUT2D eigenvalue weighted by Crippen LogP contribution is 2.29. The maximum atomic E-state index is 13.0. The normalized spacial score (nSPS) is 14.1. The van der Waals surface area contributed by atoms with Crippen LogP contribution in [0.2, 0.25) is 0 Å². The molecule has 0 unspecified atom stereocenters. The molecule has 0 atom stereocenters. The molecule has 0 aliphatic carbocycles. The van der Waals surface area contributed by atoms with Crippen molar-refractivity contribution in [2.45, 2.75) is 13.8 Å². The fraction of sp³-hybridized carbons (Fsp3) is 0.348. The summed E-state index contributed by atoms with van der Waals surface area (Å²) in [7, 11) is 3.07. The molecule has 164 valence electrons. The van der Waals surface area contributed by atoms with Gasteiger partial charge in [-0.05, 0) is 37.3 Å². The van der Waals surface area contributed by atoms with Crippen LogP contribution >= 0.6 is 0 Å². The van der Waals surface area contributed by atoms with Gasteiger partial charge in [-0.1, -0.05) is 12.1 Å². The molecule has 0 N–H and O–H groups in total. The largest absolute Gasteiger partial charge is 0.493 e. The Morgan fingerprint density at radius 2 is 1.52 bits per heavy atom. The predicted octanol–water partition coefficient (Wildman–Crippen LogP) is 2.63. The van der Waals surface area contributed by atoms with Gasteiger partial charge in [0.05, 0.1) is 19.9 Å². The lowest BCUT2D eigenvalue weighted by Crippen LogP contribution is -2.56. The maximum absolute atomic E-state index is 13.0. The van der Waals surface area contributed by atoms with Crippen LogP contribution < -0.4 is 14.5 Å². The van der Waals surface area contributed by atoms with Gasteiger partial charge in [-0.25, -0.2) is 10.0 Å². The lowest BCUT2D eigenvalue weighted by Gasteiger charge is -2.41. The van der Waals surface area contributed by atoms with Gasteiger partial charge in [0.15, 0.2) is 17.3 Å². The summed E-state index contributed by atoms with van der Waals surface area (Å²) in [5, 5.41) is 3.41. The number of hydrogen-bond donors (Lipinski definition) is 0. The molecule has 1 fully saturated rings. The van der Waals surface area contributed by atoms with Gasteiger partial charge in [-0.15, -0.1) is 0 Å². The lowest BCUT2D eigenvalue weighted by atomic mass is 10.1. The van der Waals surface area contributed by atoms with Crippen molar-refractivity contribution in [3.8, 4) is 11.5 Å². The number of Topliss-reactive ketones (excluding diaryl/α,β-unsaturated/α-hetero) is 1. The van der Waals surface area contributed by atoms with E-state index in [1.807, 2.05) is 5.01 Å². The number of carbonyl (C=O) groups is 3. The van der Waals surface area contributed by atoms with Crippen molar-refractivity contribution >= 4 is 23.3 Å². The van der Waals surface area contributed by atoms with E-state index in [1.54, 1.807) is 54.5 Å². The summed E-state index contributed by atoms with van der Waals surface area (Å²) in [4.78, 5) is 39.2. The Bertz CT molecular complexity index is 983. The highest BCUT2D eigenvalue weighted by Gasteiger charge is 2.29. The van der Waals surface area contributed by atoms with E-state index in [-0.39, 0.29) is 17.6 Å². The molecule has 1 aliphatic rings. The van der Waals surface area contributed by atoms with E-state index in [0.717, 1.165) is 0 Å². The number of benzene rings is 2. The number of para-hydroxylation sites is 1. The Labute approximate surface area is 181 Å². The van der Waals surface area contributed by atoms with Gasteiger partial charge in [-0.2, -0.15) is 0 Å². The monoisotopic (exact) mass is 425 g/mol. The number of hydrogen-bond acceptors (Lipinski definition) is 6. The number of ether oxygens (including phenoxy) is 2. The molecule has 2 amide bonds. The van der Waals surface area contributed by atoms with Gasteiger partial charge in [0.2, 0.25) is 5.91 Å². The van der Waals surface area contributed by atoms with Gasteiger partial charge in [0, 0.05) is 44.2 Å². The van der Waals surface area contributed by atoms with Crippen LogP contribution in [0.1, 0.15) is 34.6 Å². The first-order valence-corrected chi connectivity index (χ1v) is 10.0. The van der Waals surface area contributed by atoms with Crippen LogP contribution in [0.25, 0.3) is 0 Å². The fourth-order valence-electron chi connectivity index (χ4n) is 3.73. The smallest absolute Gasteiger partial charge is 0.254 e. The number of anilines is 1. The molecule has 2 aromatic carbocycles. The Kier molecular flexibility index (Phi) is 6.91. The molecule has 31 heavy (non-hydrogen) atoms. The fourth-order valence-corrected chi connectivity index (χ4v) is 3.73. The topological polar surface area (TPSA) is 79.4 Å². The molecule has 0 aromatic heterocycles. The summed E-state index contributed by atoms with van der Waals surface area (Å²) in [5.74, 6) is 0.650. The molecule has 0 bridgehead atoms. The third-order valence-corrected chi connectivity index (χ3v) is 5.27. The number of carbonyl (C=O) groups excluding carboxylic acids is 3. The number of piperazine rings is 1. The van der Waals surface area contributed by atoms with Gasteiger partial charge < -0.3 is 14.4 Å². The predicted molar refractivity (Wildman–Crippen MR) is 117 cm³/mol. The standard InChI is InChI=1S/C23H27N3O5/c1-16(27)19-7-5-6-8-20(19)26(17(2)28)25-13-11-24(12-14-25)23(29)18-9-10-21(30-3)22(15-18)31-4/h5-10,15H,11-14H2,1-4H3. The van der Waals surface area contributed by atoms with E-state index < -0.39 is 0 Å². The van der Waals surface area contributed by atoms with E-state index in [2.05, 4.69) is 0 Å². The van der Waals surface area contributed by atoms with Crippen molar-refractivity contribution in [2.24, 2.45) is 0 Å². The lowest BCUT2D eigenvalue weighted by molar-refractivity contribution is -0.120. The van der Waals surface area contributed by atoms with E-state index >= 15 is 0 Å². The van der Waals surface area contributed by atoms with Gasteiger partial charge in [-0.3, -0.25) is 14.4 Å². The zero-order valence-corrected chi connectivity index (χ0v) is 18.3. The van der Waals surface area contributed by atoms with Crippen LogP contribution in [-0.4, -0.2) is 67.9 Å². The minimum absolute atomic E-state index is 0.107. The van der Waals surface area contributed by atoms with Crippen LogP contribution in [0.5, 0.6) is 11.5 Å². The summed E-state index contributed by atoms with van der Waals surface area (Å²) in [5.41, 5.74) is 1.56. The highest BCUT2D eigenvalue weighted by atomic mass is 16.5. The highest BCUT2D eigenvalue weighted by molar-refractivity contribution is 6.04. The molecule has 8 heteroatoms. The van der Waals surface area contributed by atoms with Crippen LogP contribution in [0, 0.1) is 0 Å². The molecule has 1 saturated heterocycles. The molecule has 0 saturated carbocycles.